The lowest BCUT2D eigenvalue weighted by Crippen LogP contribution is -2.30. The molecule has 11 heteroatoms. The number of methoxy groups -OCH3 is 1. The van der Waals surface area contributed by atoms with Crippen molar-refractivity contribution < 1.29 is 13.9 Å². The maximum absolute atomic E-state index is 13.4. The number of H-pyrrole nitrogens is 1. The van der Waals surface area contributed by atoms with Crippen molar-refractivity contribution in [3.8, 4) is 28.2 Å². The third-order valence-electron chi connectivity index (χ3n) is 6.64. The number of pyridine rings is 1. The first-order chi connectivity index (χ1) is 17.6. The number of fused-ring (bicyclic) bond motifs is 1. The first-order valence-corrected chi connectivity index (χ1v) is 11.7. The fraction of sp³-hybridized carbons (Fsp3) is 0.185. The normalized spacial score (nSPS) is 14.8. The van der Waals surface area contributed by atoms with Gasteiger partial charge < -0.3 is 9.64 Å². The topological polar surface area (TPSA) is 88.9 Å². The molecule has 1 aliphatic heterocycles. The average molecular weight is 555 g/mol. The molecule has 0 bridgehead atoms. The molecule has 1 atom stereocenters. The molecule has 8 nitrogen and oxygen atoms in total. The summed E-state index contributed by atoms with van der Waals surface area (Å²) in [6, 6.07) is 15.9. The second-order valence-corrected chi connectivity index (χ2v) is 8.79. The third kappa shape index (κ3) is 5.00. The van der Waals surface area contributed by atoms with Crippen LogP contribution in [0.1, 0.15) is 16.8 Å². The van der Waals surface area contributed by atoms with Crippen LogP contribution in [0.4, 0.5) is 4.39 Å². The van der Waals surface area contributed by atoms with Crippen molar-refractivity contribution in [2.45, 2.75) is 12.5 Å². The summed E-state index contributed by atoms with van der Waals surface area (Å²) in [7, 11) is 1.67. The molecular formula is C27H25Cl2FN6O2. The van der Waals surface area contributed by atoms with E-state index < -0.39 is 0 Å². The van der Waals surface area contributed by atoms with Gasteiger partial charge in [0.1, 0.15) is 18.0 Å². The summed E-state index contributed by atoms with van der Waals surface area (Å²) in [5.74, 6) is 0.331. The van der Waals surface area contributed by atoms with Gasteiger partial charge in [0.05, 0.1) is 34.6 Å². The minimum atomic E-state index is -0.287. The van der Waals surface area contributed by atoms with Gasteiger partial charge in [-0.3, -0.25) is 14.5 Å². The van der Waals surface area contributed by atoms with Crippen LogP contribution < -0.4 is 0 Å². The number of nitrogens with zero attached hydrogens (tertiary/aromatic N) is 5. The Balaban J connectivity index is 0.00000168. The second kappa shape index (κ2) is 11.3. The molecule has 1 N–H and O–H groups in total. The van der Waals surface area contributed by atoms with Gasteiger partial charge in [0.25, 0.3) is 5.91 Å². The van der Waals surface area contributed by atoms with E-state index in [0.29, 0.717) is 24.5 Å². The van der Waals surface area contributed by atoms with Gasteiger partial charge in [0.2, 0.25) is 0 Å². The monoisotopic (exact) mass is 554 g/mol. The van der Waals surface area contributed by atoms with Gasteiger partial charge in [-0.1, -0.05) is 6.07 Å². The van der Waals surface area contributed by atoms with Gasteiger partial charge in [-0.2, -0.15) is 5.10 Å². The molecule has 0 radical (unpaired) electrons. The molecule has 1 fully saturated rings. The maximum Gasteiger partial charge on any atom is 0.255 e. The van der Waals surface area contributed by atoms with E-state index in [1.54, 1.807) is 48.9 Å². The fourth-order valence-corrected chi connectivity index (χ4v) is 4.64. The highest BCUT2D eigenvalue weighted by Gasteiger charge is 2.27. The molecule has 0 saturated carbocycles. The molecule has 0 aliphatic carbocycles. The van der Waals surface area contributed by atoms with Gasteiger partial charge in [0.15, 0.2) is 0 Å². The first-order valence-electron chi connectivity index (χ1n) is 11.7. The van der Waals surface area contributed by atoms with Crippen molar-refractivity contribution in [2.24, 2.45) is 0 Å². The summed E-state index contributed by atoms with van der Waals surface area (Å²) in [5.41, 5.74) is 5.70. The molecule has 0 spiro atoms. The van der Waals surface area contributed by atoms with E-state index in [1.807, 2.05) is 28.8 Å². The number of carbonyl (C=O) groups is 1. The number of likely N-dealkylation sites (tertiary alicyclic amines) is 1. The fourth-order valence-electron chi connectivity index (χ4n) is 4.64. The van der Waals surface area contributed by atoms with E-state index >= 15 is 0 Å². The van der Waals surface area contributed by atoms with E-state index in [0.717, 1.165) is 39.8 Å². The van der Waals surface area contributed by atoms with E-state index in [9.17, 15) is 9.18 Å². The summed E-state index contributed by atoms with van der Waals surface area (Å²) < 4.78 is 20.7. The van der Waals surface area contributed by atoms with E-state index in [-0.39, 0.29) is 42.6 Å². The van der Waals surface area contributed by atoms with E-state index in [4.69, 9.17) is 4.74 Å². The summed E-state index contributed by atoms with van der Waals surface area (Å²) in [5, 5.41) is 7.24. The molecule has 1 unspecified atom stereocenters. The predicted molar refractivity (Wildman–Crippen MR) is 148 cm³/mol. The molecule has 1 aliphatic rings. The molecule has 196 valence electrons. The standard InChI is InChI=1S/C27H23FN6O2.2ClH/c1-36-21-10-11-33(15-21)27(35)19-5-9-25(29-13-19)34-16-30-23-8-4-18(12-24(23)34)22-14-31-32-26(22)17-2-6-20(28)7-3-17;;/h2-9,12-14,16,21H,10-11,15H2,1H3,(H,31,32);2*1H. The van der Waals surface area contributed by atoms with Crippen LogP contribution >= 0.6 is 24.8 Å². The molecule has 5 aromatic rings. The lowest BCUT2D eigenvalue weighted by molar-refractivity contribution is 0.0724. The van der Waals surface area contributed by atoms with Crippen LogP contribution in [0, 0.1) is 5.82 Å². The number of ether oxygens (including phenoxy) is 1. The van der Waals surface area contributed by atoms with Crippen LogP contribution in [0.3, 0.4) is 0 Å². The summed E-state index contributed by atoms with van der Waals surface area (Å²) >= 11 is 0. The van der Waals surface area contributed by atoms with Crippen LogP contribution in [-0.2, 0) is 4.74 Å². The lowest BCUT2D eigenvalue weighted by atomic mass is 10.0. The van der Waals surface area contributed by atoms with Gasteiger partial charge >= 0.3 is 0 Å². The Labute approximate surface area is 230 Å². The van der Waals surface area contributed by atoms with Gasteiger partial charge in [-0.05, 0) is 60.5 Å². The van der Waals surface area contributed by atoms with E-state index in [1.165, 1.54) is 12.1 Å². The van der Waals surface area contributed by atoms with Crippen molar-refractivity contribution in [1.82, 2.24) is 29.6 Å². The van der Waals surface area contributed by atoms with Crippen LogP contribution in [0.25, 0.3) is 39.2 Å². The molecule has 38 heavy (non-hydrogen) atoms. The zero-order chi connectivity index (χ0) is 24.6. The molecular weight excluding hydrogens is 530 g/mol. The van der Waals surface area contributed by atoms with Crippen LogP contribution in [0.5, 0.6) is 0 Å². The second-order valence-electron chi connectivity index (χ2n) is 8.79. The number of nitrogens with one attached hydrogen (secondary N) is 1. The summed E-state index contributed by atoms with van der Waals surface area (Å²) in [6.45, 7) is 1.28. The lowest BCUT2D eigenvalue weighted by Gasteiger charge is -2.16. The molecule has 1 saturated heterocycles. The summed E-state index contributed by atoms with van der Waals surface area (Å²) in [6.07, 6.45) is 6.02. The smallest absolute Gasteiger partial charge is 0.255 e. The number of aromatic amines is 1. The largest absolute Gasteiger partial charge is 0.380 e. The third-order valence-corrected chi connectivity index (χ3v) is 6.64. The van der Waals surface area contributed by atoms with E-state index in [2.05, 4.69) is 20.2 Å². The van der Waals surface area contributed by atoms with Gasteiger partial charge in [0, 0.05) is 37.5 Å². The number of hydrogen-bond acceptors (Lipinski definition) is 5. The minimum absolute atomic E-state index is 0. The number of halogens is 3. The number of carbonyl (C=O) groups excluding carboxylic acids is 1. The zero-order valence-corrected chi connectivity index (χ0v) is 22.0. The Kier molecular flexibility index (Phi) is 8.11. The van der Waals surface area contributed by atoms with Crippen molar-refractivity contribution in [3.63, 3.8) is 0 Å². The Morgan fingerprint density at radius 2 is 1.82 bits per heavy atom. The molecule has 1 amide bonds. The summed E-state index contributed by atoms with van der Waals surface area (Å²) in [4.78, 5) is 23.7. The van der Waals surface area contributed by atoms with Crippen LogP contribution in [0.2, 0.25) is 0 Å². The molecule has 3 aromatic heterocycles. The minimum Gasteiger partial charge on any atom is -0.380 e. The Hall–Kier alpha value is -3.79. The highest BCUT2D eigenvalue weighted by atomic mass is 35.5. The number of rotatable bonds is 5. The molecule has 6 rings (SSSR count). The van der Waals surface area contributed by atoms with Crippen LogP contribution in [-0.4, -0.2) is 61.8 Å². The number of hydrogen-bond donors (Lipinski definition) is 1. The van der Waals surface area contributed by atoms with Gasteiger partial charge in [-0.15, -0.1) is 24.8 Å². The number of aromatic nitrogens is 5. The maximum atomic E-state index is 13.4. The van der Waals surface area contributed by atoms with Crippen LogP contribution in [0.15, 0.2) is 73.3 Å². The van der Waals surface area contributed by atoms with Crippen molar-refractivity contribution in [3.05, 3.63) is 84.7 Å². The number of benzene rings is 2. The van der Waals surface area contributed by atoms with Crippen molar-refractivity contribution in [1.29, 1.82) is 0 Å². The zero-order valence-electron chi connectivity index (χ0n) is 20.4. The Bertz CT molecular complexity index is 1550. The number of imidazole rings is 1. The quantitative estimate of drug-likeness (QED) is 0.317. The van der Waals surface area contributed by atoms with Crippen molar-refractivity contribution in [2.75, 3.05) is 20.2 Å². The number of amides is 1. The predicted octanol–water partition coefficient (Wildman–Crippen LogP) is 5.32. The molecule has 2 aromatic carbocycles. The Morgan fingerprint density at radius 1 is 1.03 bits per heavy atom. The average Bonchev–Trinajstić information content (AvgIpc) is 3.68. The first kappa shape index (κ1) is 27.3. The molecule has 4 heterocycles. The SMILES string of the molecule is COC1CCN(C(=O)c2ccc(-n3cnc4ccc(-c5cn[nH]c5-c5ccc(F)cc5)cc43)nc2)C1.Cl.Cl. The van der Waals surface area contributed by atoms with Gasteiger partial charge in [-0.25, -0.2) is 14.4 Å². The van der Waals surface area contributed by atoms with Crippen molar-refractivity contribution >= 4 is 41.8 Å². The Morgan fingerprint density at radius 3 is 2.53 bits per heavy atom. The highest BCUT2D eigenvalue weighted by molar-refractivity contribution is 5.94. The highest BCUT2D eigenvalue weighted by Crippen LogP contribution is 2.32.